The Hall–Kier alpha value is -2.24. The van der Waals surface area contributed by atoms with Crippen molar-refractivity contribution < 1.29 is 18.7 Å². The molecule has 2 heterocycles. The van der Waals surface area contributed by atoms with Crippen molar-refractivity contribution >= 4 is 23.2 Å². The van der Waals surface area contributed by atoms with Crippen LogP contribution in [-0.2, 0) is 0 Å². The Kier molecular flexibility index (Phi) is 4.98. The Morgan fingerprint density at radius 3 is 2.57 bits per heavy atom. The number of likely N-dealkylation sites (tertiary alicyclic amines) is 1. The highest BCUT2D eigenvalue weighted by Crippen LogP contribution is 2.41. The highest BCUT2D eigenvalue weighted by molar-refractivity contribution is 6.31. The van der Waals surface area contributed by atoms with Crippen molar-refractivity contribution in [2.24, 2.45) is 0 Å². The predicted octanol–water partition coefficient (Wildman–Crippen LogP) is 4.47. The molecular weight excluding hydrogens is 381 g/mol. The fourth-order valence-corrected chi connectivity index (χ4v) is 4.11. The lowest BCUT2D eigenvalue weighted by molar-refractivity contribution is -0.00804. The van der Waals surface area contributed by atoms with Gasteiger partial charge in [-0.05, 0) is 48.9 Å². The van der Waals surface area contributed by atoms with Crippen LogP contribution < -0.4 is 4.74 Å². The van der Waals surface area contributed by atoms with Crippen LogP contribution in [0.4, 0.5) is 4.39 Å². The number of ether oxygens (including phenoxy) is 1. The van der Waals surface area contributed by atoms with Crippen molar-refractivity contribution in [1.82, 2.24) is 4.90 Å². The summed E-state index contributed by atoms with van der Waals surface area (Å²) in [4.78, 5) is 27.1. The topological polar surface area (TPSA) is 46.6 Å². The van der Waals surface area contributed by atoms with Gasteiger partial charge >= 0.3 is 0 Å². The predicted molar refractivity (Wildman–Crippen MR) is 105 cm³/mol. The van der Waals surface area contributed by atoms with Gasteiger partial charge in [0.05, 0.1) is 18.5 Å². The van der Waals surface area contributed by atoms with E-state index in [4.69, 9.17) is 16.3 Å². The first-order chi connectivity index (χ1) is 13.3. The number of hydrogen-bond acceptors (Lipinski definition) is 4. The van der Waals surface area contributed by atoms with Gasteiger partial charge in [-0.25, -0.2) is 4.39 Å². The molecule has 1 saturated heterocycles. The Morgan fingerprint density at radius 2 is 1.89 bits per heavy atom. The summed E-state index contributed by atoms with van der Waals surface area (Å²) in [6, 6.07) is 9.14. The second-order valence-corrected chi connectivity index (χ2v) is 8.10. The molecule has 28 heavy (non-hydrogen) atoms. The molecule has 0 bridgehead atoms. The third kappa shape index (κ3) is 3.69. The van der Waals surface area contributed by atoms with Gasteiger partial charge in [-0.3, -0.25) is 14.5 Å². The molecule has 0 N–H and O–H groups in total. The van der Waals surface area contributed by atoms with E-state index in [1.54, 1.807) is 6.07 Å². The second-order valence-electron chi connectivity index (χ2n) is 7.69. The first kappa shape index (κ1) is 19.1. The zero-order valence-electron chi connectivity index (χ0n) is 15.6. The first-order valence-corrected chi connectivity index (χ1v) is 9.76. The van der Waals surface area contributed by atoms with E-state index in [9.17, 15) is 14.0 Å². The average Bonchev–Trinajstić information content (AvgIpc) is 2.66. The molecule has 146 valence electrons. The summed E-state index contributed by atoms with van der Waals surface area (Å²) in [5.41, 5.74) is 1.43. The van der Waals surface area contributed by atoms with Gasteiger partial charge in [-0.1, -0.05) is 11.6 Å². The SMILES string of the molecule is Cc1cc2c(cc1Cl)C(=O)CC1(CCN(CC(=O)c3ccc(F)cc3)CC1)O2. The highest BCUT2D eigenvalue weighted by Gasteiger charge is 2.43. The molecule has 0 aromatic heterocycles. The van der Waals surface area contributed by atoms with Crippen LogP contribution in [0.1, 0.15) is 45.5 Å². The van der Waals surface area contributed by atoms with E-state index in [1.807, 2.05) is 13.0 Å². The summed E-state index contributed by atoms with van der Waals surface area (Å²) in [6.07, 6.45) is 1.69. The monoisotopic (exact) mass is 401 g/mol. The summed E-state index contributed by atoms with van der Waals surface area (Å²) in [5, 5.41) is 0.570. The number of nitrogens with zero attached hydrogens (tertiary/aromatic N) is 1. The molecule has 0 saturated carbocycles. The van der Waals surface area contributed by atoms with Crippen LogP contribution in [0.25, 0.3) is 0 Å². The molecule has 2 aromatic carbocycles. The standard InChI is InChI=1S/C22H21ClFNO3/c1-14-10-21-17(11-18(14)23)19(26)12-22(28-21)6-8-25(9-7-22)13-20(27)15-2-4-16(24)5-3-15/h2-5,10-11H,6-9,12-13H2,1H3. The number of piperidine rings is 1. The lowest BCUT2D eigenvalue weighted by atomic mass is 9.82. The molecule has 0 atom stereocenters. The number of carbonyl (C=O) groups is 2. The molecule has 4 nitrogen and oxygen atoms in total. The van der Waals surface area contributed by atoms with E-state index in [2.05, 4.69) is 4.90 Å². The van der Waals surface area contributed by atoms with Gasteiger partial charge in [-0.2, -0.15) is 0 Å². The largest absolute Gasteiger partial charge is 0.486 e. The van der Waals surface area contributed by atoms with E-state index in [-0.39, 0.29) is 23.9 Å². The Morgan fingerprint density at radius 1 is 1.21 bits per heavy atom. The highest BCUT2D eigenvalue weighted by atomic mass is 35.5. The van der Waals surface area contributed by atoms with E-state index < -0.39 is 5.60 Å². The summed E-state index contributed by atoms with van der Waals surface area (Å²) in [5.74, 6) is 0.271. The maximum Gasteiger partial charge on any atom is 0.176 e. The average molecular weight is 402 g/mol. The van der Waals surface area contributed by atoms with Gasteiger partial charge in [0.1, 0.15) is 17.2 Å². The number of rotatable bonds is 3. The molecule has 0 unspecified atom stereocenters. The number of ketones is 2. The molecule has 0 aliphatic carbocycles. The van der Waals surface area contributed by atoms with E-state index in [0.29, 0.717) is 54.3 Å². The van der Waals surface area contributed by atoms with Gasteiger partial charge in [0.15, 0.2) is 11.6 Å². The zero-order valence-corrected chi connectivity index (χ0v) is 16.4. The number of hydrogen-bond donors (Lipinski definition) is 0. The zero-order chi connectivity index (χ0) is 19.9. The molecule has 0 amide bonds. The van der Waals surface area contributed by atoms with Crippen molar-refractivity contribution in [3.63, 3.8) is 0 Å². The smallest absolute Gasteiger partial charge is 0.176 e. The maximum atomic E-state index is 13.0. The first-order valence-electron chi connectivity index (χ1n) is 9.39. The number of fused-ring (bicyclic) bond motifs is 1. The lowest BCUT2D eigenvalue weighted by Crippen LogP contribution is -2.51. The summed E-state index contributed by atoms with van der Waals surface area (Å²) < 4.78 is 19.3. The molecular formula is C22H21ClFNO3. The van der Waals surface area contributed by atoms with Crippen molar-refractivity contribution in [3.05, 3.63) is 63.9 Å². The minimum Gasteiger partial charge on any atom is -0.486 e. The number of Topliss-reactive ketones (excluding diaryl/α,β-unsaturated/α-hetero) is 2. The van der Waals surface area contributed by atoms with Crippen LogP contribution in [0.3, 0.4) is 0 Å². The lowest BCUT2D eigenvalue weighted by Gasteiger charge is -2.44. The minimum atomic E-state index is -0.514. The molecule has 0 radical (unpaired) electrons. The maximum absolute atomic E-state index is 13.0. The van der Waals surface area contributed by atoms with Crippen molar-refractivity contribution in [3.8, 4) is 5.75 Å². The van der Waals surface area contributed by atoms with E-state index in [1.165, 1.54) is 24.3 Å². The van der Waals surface area contributed by atoms with Crippen LogP contribution in [0, 0.1) is 12.7 Å². The van der Waals surface area contributed by atoms with Crippen LogP contribution >= 0.6 is 11.6 Å². The quantitative estimate of drug-likeness (QED) is 0.712. The fourth-order valence-electron chi connectivity index (χ4n) is 3.94. The van der Waals surface area contributed by atoms with Crippen LogP contribution in [0.15, 0.2) is 36.4 Å². The van der Waals surface area contributed by atoms with Gasteiger partial charge in [-0.15, -0.1) is 0 Å². The molecule has 1 spiro atoms. The molecule has 2 aliphatic rings. The molecule has 4 rings (SSSR count). The molecule has 6 heteroatoms. The molecule has 1 fully saturated rings. The van der Waals surface area contributed by atoms with Crippen LogP contribution in [0.2, 0.25) is 5.02 Å². The van der Waals surface area contributed by atoms with Gasteiger partial charge in [0.25, 0.3) is 0 Å². The van der Waals surface area contributed by atoms with Crippen LogP contribution in [-0.4, -0.2) is 41.7 Å². The molecule has 2 aromatic rings. The van der Waals surface area contributed by atoms with Gasteiger partial charge in [0.2, 0.25) is 0 Å². The van der Waals surface area contributed by atoms with Crippen molar-refractivity contribution in [2.75, 3.05) is 19.6 Å². The Bertz CT molecular complexity index is 934. The number of benzene rings is 2. The number of carbonyl (C=O) groups excluding carboxylic acids is 2. The van der Waals surface area contributed by atoms with Crippen molar-refractivity contribution in [1.29, 1.82) is 0 Å². The summed E-state index contributed by atoms with van der Waals surface area (Å²) in [6.45, 7) is 3.51. The Labute approximate surface area is 168 Å². The van der Waals surface area contributed by atoms with E-state index in [0.717, 1.165) is 5.56 Å². The van der Waals surface area contributed by atoms with Gasteiger partial charge < -0.3 is 4.74 Å². The Balaban J connectivity index is 1.42. The fraction of sp³-hybridized carbons (Fsp3) is 0.364. The van der Waals surface area contributed by atoms with Crippen LogP contribution in [0.5, 0.6) is 5.75 Å². The minimum absolute atomic E-state index is 0.0350. The summed E-state index contributed by atoms with van der Waals surface area (Å²) in [7, 11) is 0. The molecule has 2 aliphatic heterocycles. The van der Waals surface area contributed by atoms with Gasteiger partial charge in [0, 0.05) is 36.5 Å². The van der Waals surface area contributed by atoms with Crippen molar-refractivity contribution in [2.45, 2.75) is 31.8 Å². The summed E-state index contributed by atoms with van der Waals surface area (Å²) >= 11 is 6.15. The number of halogens is 2. The third-order valence-electron chi connectivity index (χ3n) is 5.67. The number of aryl methyl sites for hydroxylation is 1. The second kappa shape index (κ2) is 7.30. The normalized spacial score (nSPS) is 18.6. The van der Waals surface area contributed by atoms with E-state index >= 15 is 0 Å². The third-order valence-corrected chi connectivity index (χ3v) is 6.08.